The van der Waals surface area contributed by atoms with Crippen LogP contribution in [0.2, 0.25) is 0 Å². The Morgan fingerprint density at radius 2 is 1.76 bits per heavy atom. The van der Waals surface area contributed by atoms with Crippen molar-refractivity contribution in [3.63, 3.8) is 0 Å². The zero-order valence-corrected chi connectivity index (χ0v) is 15.6. The number of carbonyl (C=O) groups is 1. The fourth-order valence-corrected chi connectivity index (χ4v) is 2.16. The van der Waals surface area contributed by atoms with E-state index in [2.05, 4.69) is 15.6 Å². The van der Waals surface area contributed by atoms with Crippen molar-refractivity contribution >= 4 is 5.91 Å². The molecule has 0 aliphatic rings. The van der Waals surface area contributed by atoms with Gasteiger partial charge in [-0.15, -0.1) is 0 Å². The van der Waals surface area contributed by atoms with E-state index in [4.69, 9.17) is 4.74 Å². The van der Waals surface area contributed by atoms with E-state index < -0.39 is 0 Å². The summed E-state index contributed by atoms with van der Waals surface area (Å²) < 4.78 is 5.50. The van der Waals surface area contributed by atoms with Crippen molar-refractivity contribution in [3.8, 4) is 5.75 Å². The smallest absolute Gasteiger partial charge is 0.258 e. The standard InChI is InChI=1S/C19H25N3O2.ClH/c1-19(2,3)22-18(23)14-24-17-8-6-15(7-9-17)11-21-13-16-5-4-10-20-12-16;/h4-10,12,21H,11,13-14H2,1-3H3,(H,22,23);1H/p-1. The van der Waals surface area contributed by atoms with Crippen LogP contribution in [0.1, 0.15) is 31.9 Å². The molecule has 1 aromatic heterocycles. The average Bonchev–Trinajstić information content (AvgIpc) is 2.53. The third-order valence-electron chi connectivity index (χ3n) is 3.19. The largest absolute Gasteiger partial charge is 1.00 e. The molecule has 0 spiro atoms. The number of carbonyl (C=O) groups excluding carboxylic acids is 1. The second kappa shape index (κ2) is 10.0. The highest BCUT2D eigenvalue weighted by Crippen LogP contribution is 2.12. The second-order valence-corrected chi connectivity index (χ2v) is 6.70. The van der Waals surface area contributed by atoms with Crippen LogP contribution in [0.4, 0.5) is 0 Å². The zero-order chi connectivity index (χ0) is 17.4. The Morgan fingerprint density at radius 1 is 1.08 bits per heavy atom. The molecule has 0 saturated heterocycles. The van der Waals surface area contributed by atoms with Crippen molar-refractivity contribution in [1.82, 2.24) is 15.6 Å². The topological polar surface area (TPSA) is 63.2 Å². The summed E-state index contributed by atoms with van der Waals surface area (Å²) in [5, 5.41) is 6.23. The lowest BCUT2D eigenvalue weighted by atomic mass is 10.1. The minimum Gasteiger partial charge on any atom is -1.00 e. The molecule has 0 bridgehead atoms. The summed E-state index contributed by atoms with van der Waals surface area (Å²) in [4.78, 5) is 15.8. The fraction of sp³-hybridized carbons (Fsp3) is 0.368. The molecular formula is C19H25ClN3O2-. The summed E-state index contributed by atoms with van der Waals surface area (Å²) >= 11 is 0. The van der Waals surface area contributed by atoms with Crippen molar-refractivity contribution in [2.45, 2.75) is 39.4 Å². The fourth-order valence-electron chi connectivity index (χ4n) is 2.16. The lowest BCUT2D eigenvalue weighted by Gasteiger charge is -2.20. The van der Waals surface area contributed by atoms with Gasteiger partial charge in [-0.3, -0.25) is 9.78 Å². The van der Waals surface area contributed by atoms with Crippen LogP contribution in [0.15, 0.2) is 48.8 Å². The van der Waals surface area contributed by atoms with E-state index in [0.717, 1.165) is 24.2 Å². The van der Waals surface area contributed by atoms with E-state index in [-0.39, 0.29) is 30.5 Å². The molecule has 25 heavy (non-hydrogen) atoms. The highest BCUT2D eigenvalue weighted by Gasteiger charge is 2.13. The van der Waals surface area contributed by atoms with E-state index in [1.807, 2.05) is 63.4 Å². The van der Waals surface area contributed by atoms with Gasteiger partial charge in [0, 0.05) is 31.0 Å². The van der Waals surface area contributed by atoms with E-state index in [1.54, 1.807) is 6.20 Å². The molecule has 0 radical (unpaired) electrons. The number of hydrogen-bond acceptors (Lipinski definition) is 4. The Morgan fingerprint density at radius 3 is 2.36 bits per heavy atom. The first-order chi connectivity index (χ1) is 11.4. The Kier molecular flexibility index (Phi) is 8.38. The molecule has 0 aliphatic heterocycles. The maximum atomic E-state index is 11.7. The Balaban J connectivity index is 0.00000312. The first-order valence-electron chi connectivity index (χ1n) is 8.05. The number of rotatable bonds is 7. The van der Waals surface area contributed by atoms with Gasteiger partial charge in [0.05, 0.1) is 0 Å². The second-order valence-electron chi connectivity index (χ2n) is 6.70. The van der Waals surface area contributed by atoms with E-state index in [1.165, 1.54) is 0 Å². The van der Waals surface area contributed by atoms with Crippen molar-refractivity contribution in [2.24, 2.45) is 0 Å². The molecule has 0 unspecified atom stereocenters. The van der Waals surface area contributed by atoms with Crippen LogP contribution < -0.4 is 27.8 Å². The number of nitrogens with zero attached hydrogens (tertiary/aromatic N) is 1. The maximum Gasteiger partial charge on any atom is 0.258 e. The summed E-state index contributed by atoms with van der Waals surface area (Å²) in [5.41, 5.74) is 2.07. The number of halogens is 1. The van der Waals surface area contributed by atoms with Crippen molar-refractivity contribution in [3.05, 3.63) is 59.9 Å². The SMILES string of the molecule is CC(C)(C)NC(=O)COc1ccc(CNCc2cccnc2)cc1.[Cl-]. The van der Waals surface area contributed by atoms with E-state index >= 15 is 0 Å². The number of hydrogen-bond donors (Lipinski definition) is 2. The number of ether oxygens (including phenoxy) is 1. The van der Waals surface area contributed by atoms with Crippen LogP contribution in [-0.4, -0.2) is 23.0 Å². The first kappa shape index (κ1) is 20.9. The van der Waals surface area contributed by atoms with Crippen LogP contribution in [0.3, 0.4) is 0 Å². The molecule has 2 N–H and O–H groups in total. The molecule has 0 saturated carbocycles. The predicted molar refractivity (Wildman–Crippen MR) is 94.6 cm³/mol. The van der Waals surface area contributed by atoms with Crippen molar-refractivity contribution in [2.75, 3.05) is 6.61 Å². The Labute approximate surface area is 155 Å². The summed E-state index contributed by atoms with van der Waals surface area (Å²) in [6.45, 7) is 7.39. The van der Waals surface area contributed by atoms with Crippen LogP contribution in [-0.2, 0) is 17.9 Å². The number of aromatic nitrogens is 1. The molecule has 6 heteroatoms. The van der Waals surface area contributed by atoms with Gasteiger partial charge < -0.3 is 27.8 Å². The zero-order valence-electron chi connectivity index (χ0n) is 14.9. The van der Waals surface area contributed by atoms with Gasteiger partial charge in [-0.05, 0) is 50.1 Å². The molecule has 0 atom stereocenters. The van der Waals surface area contributed by atoms with Crippen molar-refractivity contribution in [1.29, 1.82) is 0 Å². The van der Waals surface area contributed by atoms with Crippen LogP contribution >= 0.6 is 0 Å². The summed E-state index contributed by atoms with van der Waals surface area (Å²) in [7, 11) is 0. The van der Waals surface area contributed by atoms with Gasteiger partial charge in [0.15, 0.2) is 6.61 Å². The monoisotopic (exact) mass is 362 g/mol. The highest BCUT2D eigenvalue weighted by molar-refractivity contribution is 5.78. The first-order valence-corrected chi connectivity index (χ1v) is 8.05. The summed E-state index contributed by atoms with van der Waals surface area (Å²) in [6, 6.07) is 11.7. The van der Waals surface area contributed by atoms with Gasteiger partial charge in [-0.1, -0.05) is 18.2 Å². The minimum atomic E-state index is -0.246. The third-order valence-corrected chi connectivity index (χ3v) is 3.19. The Bertz CT molecular complexity index is 640. The number of pyridine rings is 1. The van der Waals surface area contributed by atoms with Gasteiger partial charge in [-0.25, -0.2) is 0 Å². The normalized spacial score (nSPS) is 10.7. The van der Waals surface area contributed by atoms with E-state index in [0.29, 0.717) is 5.75 Å². The molecule has 1 aromatic carbocycles. The number of nitrogens with one attached hydrogen (secondary N) is 2. The quantitative estimate of drug-likeness (QED) is 0.708. The lowest BCUT2D eigenvalue weighted by molar-refractivity contribution is -0.124. The lowest BCUT2D eigenvalue weighted by Crippen LogP contribution is -3.00. The van der Waals surface area contributed by atoms with Crippen molar-refractivity contribution < 1.29 is 21.9 Å². The molecule has 136 valence electrons. The molecule has 0 aliphatic carbocycles. The van der Waals surface area contributed by atoms with Gasteiger partial charge in [0.2, 0.25) is 0 Å². The molecule has 2 rings (SSSR count). The van der Waals surface area contributed by atoms with Gasteiger partial charge in [0.25, 0.3) is 5.91 Å². The van der Waals surface area contributed by atoms with Crippen LogP contribution in [0.25, 0.3) is 0 Å². The third kappa shape index (κ3) is 8.52. The van der Waals surface area contributed by atoms with Gasteiger partial charge >= 0.3 is 0 Å². The van der Waals surface area contributed by atoms with Gasteiger partial charge in [0.1, 0.15) is 5.75 Å². The van der Waals surface area contributed by atoms with Crippen LogP contribution in [0.5, 0.6) is 5.75 Å². The van der Waals surface area contributed by atoms with Crippen LogP contribution in [0, 0.1) is 0 Å². The number of benzene rings is 1. The van der Waals surface area contributed by atoms with E-state index in [9.17, 15) is 4.79 Å². The maximum absolute atomic E-state index is 11.7. The Hall–Kier alpha value is -2.11. The molecule has 5 nitrogen and oxygen atoms in total. The molecular weight excluding hydrogens is 338 g/mol. The predicted octanol–water partition coefficient (Wildman–Crippen LogP) is -0.331. The minimum absolute atomic E-state index is 0. The molecule has 2 aromatic rings. The molecule has 1 heterocycles. The average molecular weight is 363 g/mol. The van der Waals surface area contributed by atoms with Gasteiger partial charge in [-0.2, -0.15) is 0 Å². The molecule has 0 fully saturated rings. The summed E-state index contributed by atoms with van der Waals surface area (Å²) in [6.07, 6.45) is 3.62. The highest BCUT2D eigenvalue weighted by atomic mass is 35.5. The summed E-state index contributed by atoms with van der Waals surface area (Å²) in [5.74, 6) is 0.569. The molecule has 1 amide bonds. The number of amides is 1.